The smallest absolute Gasteiger partial charge is 0.136 e. The van der Waals surface area contributed by atoms with Crippen molar-refractivity contribution in [3.8, 4) is 0 Å². The van der Waals surface area contributed by atoms with E-state index < -0.39 is 0 Å². The van der Waals surface area contributed by atoms with Crippen LogP contribution in [0, 0.1) is 19.9 Å². The van der Waals surface area contributed by atoms with Gasteiger partial charge in [-0.1, -0.05) is 0 Å². The summed E-state index contributed by atoms with van der Waals surface area (Å²) in [5, 5.41) is 0. The number of hydrogen-bond acceptors (Lipinski definition) is 0. The Balaban J connectivity index is 3.28. The van der Waals surface area contributed by atoms with Crippen LogP contribution >= 0.6 is 45.2 Å². The van der Waals surface area contributed by atoms with Crippen molar-refractivity contribution < 1.29 is 4.39 Å². The number of halogens is 3. The first-order valence-corrected chi connectivity index (χ1v) is 4.88. The van der Waals surface area contributed by atoms with Gasteiger partial charge in [0.1, 0.15) is 5.82 Å². The van der Waals surface area contributed by atoms with Gasteiger partial charge in [0, 0.05) is 7.14 Å². The normalized spacial score (nSPS) is 10.0. The Bertz CT molecular complexity index is 208. The molecule has 0 nitrogen and oxygen atoms in total. The molecule has 1 rings (SSSR count). The standard InChI is InChI=1S/C7H5FI2/c1-4-2-5(8)7(10)3-6(4)9/h2-3H,1H3. The van der Waals surface area contributed by atoms with E-state index in [1.54, 1.807) is 6.07 Å². The fourth-order valence-corrected chi connectivity index (χ4v) is 2.15. The van der Waals surface area contributed by atoms with Crippen molar-refractivity contribution in [3.63, 3.8) is 0 Å². The summed E-state index contributed by atoms with van der Waals surface area (Å²) >= 11 is 4.18. The lowest BCUT2D eigenvalue weighted by atomic mass is 10.2. The van der Waals surface area contributed by atoms with E-state index in [9.17, 15) is 4.39 Å². The number of hydrogen-bond donors (Lipinski definition) is 0. The monoisotopic (exact) mass is 362 g/mol. The molecule has 0 aliphatic heterocycles. The zero-order valence-electron chi connectivity index (χ0n) is 5.29. The predicted molar refractivity (Wildman–Crippen MR) is 56.6 cm³/mol. The summed E-state index contributed by atoms with van der Waals surface area (Å²) in [4.78, 5) is 0. The quantitative estimate of drug-likeness (QED) is 0.491. The van der Waals surface area contributed by atoms with Gasteiger partial charge < -0.3 is 0 Å². The van der Waals surface area contributed by atoms with Crippen LogP contribution in [-0.4, -0.2) is 0 Å². The predicted octanol–water partition coefficient (Wildman–Crippen LogP) is 3.34. The summed E-state index contributed by atoms with van der Waals surface area (Å²) < 4.78 is 14.6. The zero-order valence-corrected chi connectivity index (χ0v) is 9.60. The Hall–Kier alpha value is 0.610. The second-order valence-corrected chi connectivity index (χ2v) is 4.34. The number of rotatable bonds is 0. The minimum absolute atomic E-state index is 0.126. The highest BCUT2D eigenvalue weighted by atomic mass is 127. The van der Waals surface area contributed by atoms with Crippen molar-refractivity contribution in [2.75, 3.05) is 0 Å². The molecule has 0 aromatic heterocycles. The molecule has 0 bridgehead atoms. The largest absolute Gasteiger partial charge is 0.206 e. The van der Waals surface area contributed by atoms with Gasteiger partial charge in [-0.2, -0.15) is 0 Å². The summed E-state index contributed by atoms with van der Waals surface area (Å²) in [5.74, 6) is -0.126. The Kier molecular flexibility index (Phi) is 2.91. The van der Waals surface area contributed by atoms with Crippen LogP contribution in [0.5, 0.6) is 0 Å². The third-order valence-corrected chi connectivity index (χ3v) is 3.19. The van der Waals surface area contributed by atoms with Gasteiger partial charge in [-0.3, -0.25) is 0 Å². The van der Waals surface area contributed by atoms with Gasteiger partial charge in [0.05, 0.1) is 0 Å². The summed E-state index contributed by atoms with van der Waals surface area (Å²) in [6.07, 6.45) is 0. The van der Waals surface area contributed by atoms with E-state index in [0.717, 1.165) is 9.13 Å². The second-order valence-electron chi connectivity index (χ2n) is 2.02. The highest BCUT2D eigenvalue weighted by Gasteiger charge is 2.01. The molecule has 0 saturated heterocycles. The van der Waals surface area contributed by atoms with Gasteiger partial charge in [0.2, 0.25) is 0 Å². The lowest BCUT2D eigenvalue weighted by molar-refractivity contribution is 0.618. The Labute approximate surface area is 86.5 Å². The molecular formula is C7H5FI2. The average molecular weight is 362 g/mol. The third kappa shape index (κ3) is 1.81. The van der Waals surface area contributed by atoms with Crippen molar-refractivity contribution >= 4 is 45.2 Å². The fourth-order valence-electron chi connectivity index (χ4n) is 0.622. The molecule has 54 valence electrons. The van der Waals surface area contributed by atoms with Gasteiger partial charge in [-0.05, 0) is 69.8 Å². The van der Waals surface area contributed by atoms with Gasteiger partial charge in [-0.15, -0.1) is 0 Å². The highest BCUT2D eigenvalue weighted by Crippen LogP contribution is 2.18. The Morgan fingerprint density at radius 2 is 1.80 bits per heavy atom. The van der Waals surface area contributed by atoms with E-state index in [4.69, 9.17) is 0 Å². The molecule has 1 aromatic carbocycles. The van der Waals surface area contributed by atoms with Crippen LogP contribution in [0.15, 0.2) is 12.1 Å². The molecule has 0 fully saturated rings. The summed E-state index contributed by atoms with van der Waals surface area (Å²) in [6.45, 7) is 1.90. The van der Waals surface area contributed by atoms with Crippen LogP contribution in [0.2, 0.25) is 0 Å². The molecular weight excluding hydrogens is 357 g/mol. The van der Waals surface area contributed by atoms with Crippen molar-refractivity contribution in [3.05, 3.63) is 30.7 Å². The van der Waals surface area contributed by atoms with Crippen LogP contribution in [0.25, 0.3) is 0 Å². The van der Waals surface area contributed by atoms with Crippen LogP contribution in [0.1, 0.15) is 5.56 Å². The molecule has 0 saturated carbocycles. The average Bonchev–Trinajstić information content (AvgIpc) is 1.84. The first kappa shape index (κ1) is 8.70. The Morgan fingerprint density at radius 3 is 2.30 bits per heavy atom. The highest BCUT2D eigenvalue weighted by molar-refractivity contribution is 14.1. The Morgan fingerprint density at radius 1 is 1.20 bits per heavy atom. The zero-order chi connectivity index (χ0) is 7.72. The van der Waals surface area contributed by atoms with Crippen LogP contribution in [-0.2, 0) is 0 Å². The van der Waals surface area contributed by atoms with Crippen molar-refractivity contribution in [1.82, 2.24) is 0 Å². The van der Waals surface area contributed by atoms with Crippen LogP contribution < -0.4 is 0 Å². The fraction of sp³-hybridized carbons (Fsp3) is 0.143. The minimum atomic E-state index is -0.126. The number of aryl methyl sites for hydroxylation is 1. The van der Waals surface area contributed by atoms with Gasteiger partial charge in [0.25, 0.3) is 0 Å². The molecule has 0 unspecified atom stereocenters. The van der Waals surface area contributed by atoms with E-state index in [1.807, 2.05) is 35.6 Å². The van der Waals surface area contributed by atoms with E-state index in [2.05, 4.69) is 22.6 Å². The van der Waals surface area contributed by atoms with E-state index in [1.165, 1.54) is 0 Å². The maximum Gasteiger partial charge on any atom is 0.136 e. The first-order valence-electron chi connectivity index (χ1n) is 2.72. The van der Waals surface area contributed by atoms with E-state index in [0.29, 0.717) is 3.57 Å². The van der Waals surface area contributed by atoms with Crippen molar-refractivity contribution in [2.45, 2.75) is 6.92 Å². The van der Waals surface area contributed by atoms with Crippen molar-refractivity contribution in [2.24, 2.45) is 0 Å². The topological polar surface area (TPSA) is 0 Å². The van der Waals surface area contributed by atoms with Crippen LogP contribution in [0.3, 0.4) is 0 Å². The SMILES string of the molecule is Cc1cc(F)c(I)cc1I. The molecule has 0 heterocycles. The van der Waals surface area contributed by atoms with Gasteiger partial charge in [-0.25, -0.2) is 4.39 Å². The molecule has 0 spiro atoms. The van der Waals surface area contributed by atoms with E-state index in [-0.39, 0.29) is 5.82 Å². The molecule has 0 atom stereocenters. The first-order chi connectivity index (χ1) is 4.61. The van der Waals surface area contributed by atoms with E-state index >= 15 is 0 Å². The van der Waals surface area contributed by atoms with Gasteiger partial charge in [0.15, 0.2) is 0 Å². The molecule has 0 amide bonds. The molecule has 10 heavy (non-hydrogen) atoms. The summed E-state index contributed by atoms with van der Waals surface area (Å²) in [7, 11) is 0. The van der Waals surface area contributed by atoms with Gasteiger partial charge >= 0.3 is 0 Å². The van der Waals surface area contributed by atoms with Crippen molar-refractivity contribution in [1.29, 1.82) is 0 Å². The lowest BCUT2D eigenvalue weighted by Crippen LogP contribution is -1.86. The molecule has 0 radical (unpaired) electrons. The lowest BCUT2D eigenvalue weighted by Gasteiger charge is -1.98. The number of benzene rings is 1. The molecule has 0 aliphatic rings. The molecule has 0 aliphatic carbocycles. The van der Waals surface area contributed by atoms with Crippen LogP contribution in [0.4, 0.5) is 4.39 Å². The maximum atomic E-state index is 12.7. The minimum Gasteiger partial charge on any atom is -0.206 e. The maximum absolute atomic E-state index is 12.7. The molecule has 3 heteroatoms. The summed E-state index contributed by atoms with van der Waals surface area (Å²) in [5.41, 5.74) is 0.999. The second kappa shape index (κ2) is 3.34. The third-order valence-electron chi connectivity index (χ3n) is 1.20. The summed E-state index contributed by atoms with van der Waals surface area (Å²) in [6, 6.07) is 3.40. The molecule has 1 aromatic rings. The molecule has 0 N–H and O–H groups in total.